The maximum absolute atomic E-state index is 12.4. The molecule has 0 aliphatic heterocycles. The quantitative estimate of drug-likeness (QED) is 0.630. The summed E-state index contributed by atoms with van der Waals surface area (Å²) in [6, 6.07) is 15.9. The normalized spacial score (nSPS) is 11.3. The van der Waals surface area contributed by atoms with Crippen molar-refractivity contribution in [2.24, 2.45) is 0 Å². The molecule has 0 heterocycles. The molecule has 118 valence electrons. The van der Waals surface area contributed by atoms with E-state index in [0.717, 1.165) is 11.3 Å². The van der Waals surface area contributed by atoms with Gasteiger partial charge in [0.1, 0.15) is 5.75 Å². The second-order valence-electron chi connectivity index (χ2n) is 5.03. The van der Waals surface area contributed by atoms with Gasteiger partial charge in [0, 0.05) is 12.0 Å². The van der Waals surface area contributed by atoms with E-state index >= 15 is 0 Å². The van der Waals surface area contributed by atoms with Crippen LogP contribution in [0.3, 0.4) is 0 Å². The summed E-state index contributed by atoms with van der Waals surface area (Å²) in [4.78, 5) is 24.1. The summed E-state index contributed by atoms with van der Waals surface area (Å²) < 4.78 is 5.13. The van der Waals surface area contributed by atoms with E-state index in [-0.39, 0.29) is 18.1 Å². The lowest BCUT2D eigenvalue weighted by Crippen LogP contribution is -2.28. The van der Waals surface area contributed by atoms with E-state index in [0.29, 0.717) is 5.56 Å². The molecule has 0 saturated heterocycles. The predicted molar refractivity (Wildman–Crippen MR) is 89.5 cm³/mol. The van der Waals surface area contributed by atoms with Gasteiger partial charge in [0.25, 0.3) is 0 Å². The van der Waals surface area contributed by atoms with Crippen LogP contribution in [0.5, 0.6) is 5.75 Å². The minimum atomic E-state index is -0.417. The van der Waals surface area contributed by atoms with Crippen LogP contribution >= 0.6 is 0 Å². The van der Waals surface area contributed by atoms with Gasteiger partial charge < -0.3 is 10.1 Å². The van der Waals surface area contributed by atoms with Crippen LogP contribution < -0.4 is 10.1 Å². The Bertz CT molecular complexity index is 678. The van der Waals surface area contributed by atoms with Crippen molar-refractivity contribution >= 4 is 11.7 Å². The Balaban J connectivity index is 2.21. The topological polar surface area (TPSA) is 55.4 Å². The van der Waals surface area contributed by atoms with Crippen molar-refractivity contribution in [1.82, 2.24) is 5.32 Å². The molecule has 0 aromatic heterocycles. The van der Waals surface area contributed by atoms with Crippen molar-refractivity contribution in [3.8, 4) is 5.75 Å². The molecule has 1 amide bonds. The summed E-state index contributed by atoms with van der Waals surface area (Å²) >= 11 is 0. The predicted octanol–water partition coefficient (Wildman–Crippen LogP) is 3.31. The monoisotopic (exact) mass is 309 g/mol. The Labute approximate surface area is 135 Å². The Hall–Kier alpha value is -2.88. The van der Waals surface area contributed by atoms with E-state index < -0.39 is 6.04 Å². The molecule has 1 N–H and O–H groups in total. The fourth-order valence-electron chi connectivity index (χ4n) is 2.25. The highest BCUT2D eigenvalue weighted by atomic mass is 16.5. The van der Waals surface area contributed by atoms with Gasteiger partial charge in [-0.1, -0.05) is 49.0 Å². The highest BCUT2D eigenvalue weighted by molar-refractivity contribution is 5.97. The Morgan fingerprint density at radius 3 is 2.35 bits per heavy atom. The average molecular weight is 309 g/mol. The van der Waals surface area contributed by atoms with Gasteiger partial charge in [-0.3, -0.25) is 9.59 Å². The van der Waals surface area contributed by atoms with Gasteiger partial charge in [0.15, 0.2) is 5.78 Å². The second-order valence-corrected chi connectivity index (χ2v) is 5.03. The number of hydrogen-bond donors (Lipinski definition) is 1. The zero-order chi connectivity index (χ0) is 16.7. The third-order valence-electron chi connectivity index (χ3n) is 3.51. The molecule has 1 atom stereocenters. The summed E-state index contributed by atoms with van der Waals surface area (Å²) in [6.45, 7) is 3.46. The van der Waals surface area contributed by atoms with Crippen LogP contribution in [-0.2, 0) is 4.79 Å². The molecule has 0 bridgehead atoms. The minimum absolute atomic E-state index is 0.0317. The van der Waals surface area contributed by atoms with E-state index in [2.05, 4.69) is 11.9 Å². The maximum atomic E-state index is 12.4. The van der Waals surface area contributed by atoms with Crippen LogP contribution in [0.2, 0.25) is 0 Å². The zero-order valence-corrected chi connectivity index (χ0v) is 13.0. The van der Waals surface area contributed by atoms with Crippen molar-refractivity contribution in [3.05, 3.63) is 78.4 Å². The smallest absolute Gasteiger partial charge is 0.243 e. The van der Waals surface area contributed by atoms with Crippen LogP contribution in [0.15, 0.2) is 67.3 Å². The Morgan fingerprint density at radius 2 is 1.78 bits per heavy atom. The molecule has 4 nitrogen and oxygen atoms in total. The van der Waals surface area contributed by atoms with E-state index in [1.165, 1.54) is 6.08 Å². The second kappa shape index (κ2) is 7.94. The first kappa shape index (κ1) is 16.5. The summed E-state index contributed by atoms with van der Waals surface area (Å²) in [5.41, 5.74) is 1.46. The van der Waals surface area contributed by atoms with Gasteiger partial charge in [0.05, 0.1) is 13.2 Å². The number of Topliss-reactive ketones (excluding diaryl/α,β-unsaturated/α-hetero) is 1. The maximum Gasteiger partial charge on any atom is 0.243 e. The largest absolute Gasteiger partial charge is 0.497 e. The summed E-state index contributed by atoms with van der Waals surface area (Å²) in [7, 11) is 1.59. The number of ether oxygens (including phenoxy) is 1. The first-order chi connectivity index (χ1) is 11.1. The van der Waals surface area contributed by atoms with E-state index in [4.69, 9.17) is 4.74 Å². The Morgan fingerprint density at radius 1 is 1.13 bits per heavy atom. The van der Waals surface area contributed by atoms with Gasteiger partial charge in [-0.25, -0.2) is 0 Å². The third-order valence-corrected chi connectivity index (χ3v) is 3.51. The number of rotatable bonds is 7. The average Bonchev–Trinajstić information content (AvgIpc) is 2.61. The van der Waals surface area contributed by atoms with Crippen molar-refractivity contribution < 1.29 is 14.3 Å². The molecule has 2 rings (SSSR count). The first-order valence-corrected chi connectivity index (χ1v) is 7.29. The molecular formula is C19H19NO3. The molecule has 0 fully saturated rings. The van der Waals surface area contributed by atoms with E-state index in [1.807, 2.05) is 30.3 Å². The van der Waals surface area contributed by atoms with Crippen molar-refractivity contribution in [1.29, 1.82) is 0 Å². The zero-order valence-electron chi connectivity index (χ0n) is 13.0. The number of ketones is 1. The summed E-state index contributed by atoms with van der Waals surface area (Å²) in [5, 5.41) is 2.80. The highest BCUT2D eigenvalue weighted by Crippen LogP contribution is 2.22. The van der Waals surface area contributed by atoms with Crippen molar-refractivity contribution in [2.45, 2.75) is 12.5 Å². The lowest BCUT2D eigenvalue weighted by Gasteiger charge is -2.18. The van der Waals surface area contributed by atoms with Crippen molar-refractivity contribution in [3.63, 3.8) is 0 Å². The standard InChI is InChI=1S/C19H19NO3/c1-3-19(22)20-17(14-9-11-16(23-2)12-10-14)13-18(21)15-7-5-4-6-8-15/h3-12,17H,1,13H2,2H3,(H,20,22). The lowest BCUT2D eigenvalue weighted by molar-refractivity contribution is -0.117. The number of benzene rings is 2. The molecule has 0 radical (unpaired) electrons. The molecule has 2 aromatic carbocycles. The van der Waals surface area contributed by atoms with Crippen LogP contribution in [-0.4, -0.2) is 18.8 Å². The molecule has 2 aromatic rings. The molecule has 0 aliphatic carbocycles. The van der Waals surface area contributed by atoms with E-state index in [1.54, 1.807) is 31.4 Å². The van der Waals surface area contributed by atoms with Crippen LogP contribution in [0, 0.1) is 0 Å². The van der Waals surface area contributed by atoms with Crippen LogP contribution in [0.4, 0.5) is 0 Å². The van der Waals surface area contributed by atoms with Gasteiger partial charge >= 0.3 is 0 Å². The number of nitrogens with one attached hydrogen (secondary N) is 1. The molecule has 0 aliphatic rings. The number of carbonyl (C=O) groups is 2. The van der Waals surface area contributed by atoms with Gasteiger partial charge in [-0.05, 0) is 23.8 Å². The molecule has 4 heteroatoms. The van der Waals surface area contributed by atoms with Gasteiger partial charge in [-0.2, -0.15) is 0 Å². The van der Waals surface area contributed by atoms with Gasteiger partial charge in [0.2, 0.25) is 5.91 Å². The molecular weight excluding hydrogens is 290 g/mol. The molecule has 0 spiro atoms. The van der Waals surface area contributed by atoms with Crippen LogP contribution in [0.1, 0.15) is 28.4 Å². The lowest BCUT2D eigenvalue weighted by atomic mass is 9.97. The number of amides is 1. The highest BCUT2D eigenvalue weighted by Gasteiger charge is 2.18. The molecule has 23 heavy (non-hydrogen) atoms. The fraction of sp³-hybridized carbons (Fsp3) is 0.158. The fourth-order valence-corrected chi connectivity index (χ4v) is 2.25. The Kier molecular flexibility index (Phi) is 5.69. The van der Waals surface area contributed by atoms with Crippen molar-refractivity contribution in [2.75, 3.05) is 7.11 Å². The first-order valence-electron chi connectivity index (χ1n) is 7.29. The SMILES string of the molecule is C=CC(=O)NC(CC(=O)c1ccccc1)c1ccc(OC)cc1. The summed E-state index contributed by atoms with van der Waals surface area (Å²) in [5.74, 6) is 0.374. The van der Waals surface area contributed by atoms with Crippen LogP contribution in [0.25, 0.3) is 0 Å². The minimum Gasteiger partial charge on any atom is -0.497 e. The molecule has 0 saturated carbocycles. The third kappa shape index (κ3) is 4.54. The van der Waals surface area contributed by atoms with E-state index in [9.17, 15) is 9.59 Å². The number of hydrogen-bond acceptors (Lipinski definition) is 3. The van der Waals surface area contributed by atoms with Gasteiger partial charge in [-0.15, -0.1) is 0 Å². The molecule has 1 unspecified atom stereocenters. The number of carbonyl (C=O) groups excluding carboxylic acids is 2. The number of methoxy groups -OCH3 is 1. The summed E-state index contributed by atoms with van der Waals surface area (Å²) in [6.07, 6.45) is 1.37.